The molecule has 0 unspecified atom stereocenters. The lowest BCUT2D eigenvalue weighted by Crippen LogP contribution is -2.21. The van der Waals surface area contributed by atoms with Crippen molar-refractivity contribution < 1.29 is 14.3 Å². The van der Waals surface area contributed by atoms with Gasteiger partial charge in [-0.3, -0.25) is 14.4 Å². The number of benzene rings is 2. The van der Waals surface area contributed by atoms with Crippen LogP contribution in [-0.4, -0.2) is 34.7 Å². The normalized spacial score (nSPS) is 10.7. The average molecular weight is 411 g/mol. The van der Waals surface area contributed by atoms with Crippen LogP contribution in [0.1, 0.15) is 18.7 Å². The Kier molecular flexibility index (Phi) is 7.02. The summed E-state index contributed by atoms with van der Waals surface area (Å²) in [7, 11) is 0. The molecule has 0 aliphatic carbocycles. The number of nitrogens with one attached hydrogen (secondary N) is 2. The minimum Gasteiger partial charge on any atom is -0.456 e. The molecule has 3 rings (SSSR count). The SMILES string of the molecule is CSc1ccccc1NC(=O)COC(=O)CCCc1nc2ccccc2c(=O)[nH]1. The second kappa shape index (κ2) is 9.88. The van der Waals surface area contributed by atoms with E-state index in [0.29, 0.717) is 35.3 Å². The van der Waals surface area contributed by atoms with Crippen LogP contribution in [0.15, 0.2) is 58.2 Å². The van der Waals surface area contributed by atoms with Crippen molar-refractivity contribution in [3.8, 4) is 0 Å². The summed E-state index contributed by atoms with van der Waals surface area (Å²) in [6.45, 7) is -0.341. The first-order valence-electron chi connectivity index (χ1n) is 9.13. The fraction of sp³-hybridized carbons (Fsp3) is 0.238. The number of hydrogen-bond donors (Lipinski definition) is 2. The lowest BCUT2D eigenvalue weighted by Gasteiger charge is -2.09. The standard InChI is InChI=1S/C21H21N3O4S/c1-29-17-10-5-4-9-16(17)23-19(25)13-28-20(26)12-6-11-18-22-15-8-3-2-7-14(15)21(27)24-18/h2-5,7-10H,6,11-13H2,1H3,(H,23,25)(H,22,24,27). The van der Waals surface area contributed by atoms with Crippen molar-refractivity contribution in [1.29, 1.82) is 0 Å². The molecule has 0 saturated carbocycles. The van der Waals surface area contributed by atoms with Gasteiger partial charge in [-0.15, -0.1) is 11.8 Å². The number of hydrogen-bond acceptors (Lipinski definition) is 6. The van der Waals surface area contributed by atoms with Crippen molar-refractivity contribution in [3.63, 3.8) is 0 Å². The Hall–Kier alpha value is -3.13. The number of amides is 1. The number of esters is 1. The van der Waals surface area contributed by atoms with E-state index in [1.807, 2.05) is 30.5 Å². The topological polar surface area (TPSA) is 101 Å². The number of aromatic amines is 1. The van der Waals surface area contributed by atoms with Gasteiger partial charge in [0, 0.05) is 17.7 Å². The molecule has 8 heteroatoms. The number of rotatable bonds is 8. The molecule has 150 valence electrons. The molecule has 0 radical (unpaired) electrons. The number of ether oxygens (including phenoxy) is 1. The Morgan fingerprint density at radius 1 is 1.14 bits per heavy atom. The van der Waals surface area contributed by atoms with Gasteiger partial charge in [0.15, 0.2) is 6.61 Å². The summed E-state index contributed by atoms with van der Waals surface area (Å²) in [5.74, 6) is -0.338. The van der Waals surface area contributed by atoms with E-state index >= 15 is 0 Å². The van der Waals surface area contributed by atoms with Crippen LogP contribution < -0.4 is 10.9 Å². The quantitative estimate of drug-likeness (QED) is 0.436. The molecule has 1 aromatic heterocycles. The summed E-state index contributed by atoms with van der Waals surface area (Å²) in [6, 6.07) is 14.5. The molecule has 0 fully saturated rings. The number of carbonyl (C=O) groups is 2. The Morgan fingerprint density at radius 2 is 1.90 bits per heavy atom. The maximum atomic E-state index is 12.0. The maximum absolute atomic E-state index is 12.0. The third kappa shape index (κ3) is 5.68. The van der Waals surface area contributed by atoms with E-state index in [2.05, 4.69) is 15.3 Å². The van der Waals surface area contributed by atoms with Gasteiger partial charge >= 0.3 is 5.97 Å². The molecule has 1 amide bonds. The zero-order chi connectivity index (χ0) is 20.6. The molecular weight excluding hydrogens is 390 g/mol. The monoisotopic (exact) mass is 411 g/mol. The summed E-state index contributed by atoms with van der Waals surface area (Å²) in [5.41, 5.74) is 1.11. The van der Waals surface area contributed by atoms with Gasteiger partial charge in [0.1, 0.15) is 5.82 Å². The fourth-order valence-electron chi connectivity index (χ4n) is 2.81. The summed E-state index contributed by atoms with van der Waals surface area (Å²) in [6.07, 6.45) is 2.94. The molecule has 0 aliphatic rings. The number of para-hydroxylation sites is 2. The molecule has 2 N–H and O–H groups in total. The van der Waals surface area contributed by atoms with Gasteiger partial charge < -0.3 is 15.0 Å². The number of carbonyl (C=O) groups excluding carboxylic acids is 2. The molecule has 3 aromatic rings. The van der Waals surface area contributed by atoms with Gasteiger partial charge in [-0.1, -0.05) is 24.3 Å². The van der Waals surface area contributed by atoms with Crippen molar-refractivity contribution in [2.24, 2.45) is 0 Å². The van der Waals surface area contributed by atoms with E-state index in [1.54, 1.807) is 24.3 Å². The third-order valence-corrected chi connectivity index (χ3v) is 5.00. The van der Waals surface area contributed by atoms with Crippen LogP contribution in [0.4, 0.5) is 5.69 Å². The molecule has 29 heavy (non-hydrogen) atoms. The largest absolute Gasteiger partial charge is 0.456 e. The van der Waals surface area contributed by atoms with Gasteiger partial charge in [-0.25, -0.2) is 4.98 Å². The van der Waals surface area contributed by atoms with Crippen molar-refractivity contribution in [2.45, 2.75) is 24.2 Å². The summed E-state index contributed by atoms with van der Waals surface area (Å²) in [5, 5.41) is 3.27. The number of thioether (sulfide) groups is 1. The van der Waals surface area contributed by atoms with Crippen LogP contribution in [0, 0.1) is 0 Å². The van der Waals surface area contributed by atoms with Gasteiger partial charge in [-0.05, 0) is 36.9 Å². The first-order chi connectivity index (χ1) is 14.1. The van der Waals surface area contributed by atoms with Crippen LogP contribution in [0.3, 0.4) is 0 Å². The highest BCUT2D eigenvalue weighted by atomic mass is 32.2. The molecule has 7 nitrogen and oxygen atoms in total. The van der Waals surface area contributed by atoms with E-state index in [-0.39, 0.29) is 24.5 Å². The molecule has 0 atom stereocenters. The zero-order valence-electron chi connectivity index (χ0n) is 15.9. The first-order valence-corrected chi connectivity index (χ1v) is 10.4. The molecule has 2 aromatic carbocycles. The second-order valence-corrected chi connectivity index (χ2v) is 7.14. The number of nitrogens with zero attached hydrogens (tertiary/aromatic N) is 1. The number of H-pyrrole nitrogens is 1. The van der Waals surface area contributed by atoms with Crippen LogP contribution in [0.2, 0.25) is 0 Å². The number of fused-ring (bicyclic) bond motifs is 1. The van der Waals surface area contributed by atoms with E-state index in [0.717, 1.165) is 4.90 Å². The van der Waals surface area contributed by atoms with Crippen molar-refractivity contribution in [1.82, 2.24) is 9.97 Å². The zero-order valence-corrected chi connectivity index (χ0v) is 16.8. The Labute approximate surface area is 171 Å². The van der Waals surface area contributed by atoms with E-state index in [1.165, 1.54) is 11.8 Å². The average Bonchev–Trinajstić information content (AvgIpc) is 2.73. The van der Waals surface area contributed by atoms with Crippen molar-refractivity contribution in [2.75, 3.05) is 18.2 Å². The summed E-state index contributed by atoms with van der Waals surface area (Å²) in [4.78, 5) is 44.0. The molecule has 1 heterocycles. The minimum absolute atomic E-state index is 0.130. The fourth-order valence-corrected chi connectivity index (χ4v) is 3.36. The molecule has 0 bridgehead atoms. The van der Waals surface area contributed by atoms with E-state index in [4.69, 9.17) is 4.74 Å². The summed E-state index contributed by atoms with van der Waals surface area (Å²) >= 11 is 1.52. The highest BCUT2D eigenvalue weighted by Crippen LogP contribution is 2.24. The van der Waals surface area contributed by atoms with E-state index in [9.17, 15) is 14.4 Å². The van der Waals surface area contributed by atoms with Crippen LogP contribution in [0.5, 0.6) is 0 Å². The lowest BCUT2D eigenvalue weighted by molar-refractivity contribution is -0.147. The number of aromatic nitrogens is 2. The summed E-state index contributed by atoms with van der Waals surface area (Å²) < 4.78 is 5.03. The van der Waals surface area contributed by atoms with E-state index < -0.39 is 5.97 Å². The van der Waals surface area contributed by atoms with Gasteiger partial charge in [0.25, 0.3) is 11.5 Å². The lowest BCUT2D eigenvalue weighted by atomic mass is 10.2. The molecule has 0 saturated heterocycles. The molecular formula is C21H21N3O4S. The first kappa shape index (κ1) is 20.6. The van der Waals surface area contributed by atoms with Gasteiger partial charge in [0.05, 0.1) is 16.6 Å². The number of aryl methyl sites for hydroxylation is 1. The third-order valence-electron chi connectivity index (χ3n) is 4.20. The highest BCUT2D eigenvalue weighted by Gasteiger charge is 2.10. The van der Waals surface area contributed by atoms with Crippen molar-refractivity contribution in [3.05, 3.63) is 64.7 Å². The highest BCUT2D eigenvalue weighted by molar-refractivity contribution is 7.98. The van der Waals surface area contributed by atoms with Crippen LogP contribution >= 0.6 is 11.8 Å². The Morgan fingerprint density at radius 3 is 2.72 bits per heavy atom. The minimum atomic E-state index is -0.471. The van der Waals surface area contributed by atoms with Gasteiger partial charge in [-0.2, -0.15) is 0 Å². The van der Waals surface area contributed by atoms with Crippen molar-refractivity contribution >= 4 is 40.2 Å². The maximum Gasteiger partial charge on any atom is 0.306 e. The van der Waals surface area contributed by atoms with Crippen LogP contribution in [0.25, 0.3) is 10.9 Å². The number of anilines is 1. The smallest absolute Gasteiger partial charge is 0.306 e. The Balaban J connectivity index is 1.44. The van der Waals surface area contributed by atoms with Gasteiger partial charge in [0.2, 0.25) is 0 Å². The predicted molar refractivity (Wildman–Crippen MR) is 113 cm³/mol. The molecule has 0 aliphatic heterocycles. The predicted octanol–water partition coefficient (Wildman–Crippen LogP) is 3.15. The van der Waals surface area contributed by atoms with Crippen LogP contribution in [-0.2, 0) is 20.7 Å². The molecule has 0 spiro atoms. The Bertz CT molecular complexity index is 1080. The second-order valence-electron chi connectivity index (χ2n) is 6.29.